The van der Waals surface area contributed by atoms with Crippen molar-refractivity contribution >= 4 is 27.4 Å². The second kappa shape index (κ2) is 7.59. The van der Waals surface area contributed by atoms with Crippen LogP contribution in [0.1, 0.15) is 28.8 Å². The number of hydrogen-bond donors (Lipinski definition) is 3. The summed E-state index contributed by atoms with van der Waals surface area (Å²) in [4.78, 5) is 16.2. The van der Waals surface area contributed by atoms with Crippen molar-refractivity contribution in [1.29, 1.82) is 0 Å². The number of amides is 1. The van der Waals surface area contributed by atoms with E-state index in [9.17, 15) is 17.6 Å². The smallest absolute Gasteiger partial charge is 0.251 e. The summed E-state index contributed by atoms with van der Waals surface area (Å²) in [6.07, 6.45) is 3.46. The Morgan fingerprint density at radius 2 is 1.81 bits per heavy atom. The standard InChI is InChI=1S/C23H21FN4O3S/c24-21-11-16(28-32(30,31)17-3-4-17)2-6-18(21)15-10-20(22(25)27-12-15)13-1-5-19-14(9-13)7-8-26-23(19)29/h1-2,5-6,9-12,17,28H,3-4,7-8H2,(H2,25,27)(H,26,29). The number of fused-ring (bicyclic) bond motifs is 1. The molecule has 4 N–H and O–H groups in total. The lowest BCUT2D eigenvalue weighted by Gasteiger charge is -2.18. The molecule has 3 aromatic rings. The number of rotatable bonds is 5. The summed E-state index contributed by atoms with van der Waals surface area (Å²) in [7, 11) is -3.47. The molecular formula is C23H21FN4O3S. The van der Waals surface area contributed by atoms with Crippen molar-refractivity contribution in [1.82, 2.24) is 10.3 Å². The van der Waals surface area contributed by atoms with Crippen LogP contribution in [0.5, 0.6) is 0 Å². The van der Waals surface area contributed by atoms with Gasteiger partial charge in [0.2, 0.25) is 10.0 Å². The van der Waals surface area contributed by atoms with Crippen LogP contribution in [0.25, 0.3) is 22.3 Å². The highest BCUT2D eigenvalue weighted by Crippen LogP contribution is 2.34. The minimum Gasteiger partial charge on any atom is -0.383 e. The van der Waals surface area contributed by atoms with Crippen molar-refractivity contribution in [2.45, 2.75) is 24.5 Å². The molecule has 0 spiro atoms. The van der Waals surface area contributed by atoms with Crippen LogP contribution in [0.2, 0.25) is 0 Å². The summed E-state index contributed by atoms with van der Waals surface area (Å²) in [6, 6.07) is 11.4. The van der Waals surface area contributed by atoms with Crippen LogP contribution in [0.3, 0.4) is 0 Å². The fourth-order valence-electron chi connectivity index (χ4n) is 3.89. The average Bonchev–Trinajstić information content (AvgIpc) is 3.60. The molecule has 0 atom stereocenters. The van der Waals surface area contributed by atoms with Crippen LogP contribution in [-0.4, -0.2) is 31.1 Å². The van der Waals surface area contributed by atoms with Crippen molar-refractivity contribution < 1.29 is 17.6 Å². The third-order valence-electron chi connectivity index (χ3n) is 5.76. The van der Waals surface area contributed by atoms with Gasteiger partial charge >= 0.3 is 0 Å². The van der Waals surface area contributed by atoms with Crippen molar-refractivity contribution in [2.24, 2.45) is 0 Å². The molecule has 164 valence electrons. The van der Waals surface area contributed by atoms with Crippen molar-refractivity contribution in [3.8, 4) is 22.3 Å². The SMILES string of the molecule is Nc1ncc(-c2ccc(NS(=O)(=O)C3CC3)cc2F)cc1-c1ccc2c(c1)CCNC2=O. The molecule has 2 aliphatic rings. The Bertz CT molecular complexity index is 1350. The van der Waals surface area contributed by atoms with Crippen LogP contribution < -0.4 is 15.8 Å². The highest BCUT2D eigenvalue weighted by Gasteiger charge is 2.35. The number of carbonyl (C=O) groups excluding carboxylic acids is 1. The Morgan fingerprint density at radius 3 is 2.56 bits per heavy atom. The minimum atomic E-state index is -3.47. The number of nitrogens with one attached hydrogen (secondary N) is 2. The fourth-order valence-corrected chi connectivity index (χ4v) is 5.27. The predicted molar refractivity (Wildman–Crippen MR) is 121 cm³/mol. The lowest BCUT2D eigenvalue weighted by atomic mass is 9.94. The van der Waals surface area contributed by atoms with E-state index in [1.165, 1.54) is 24.4 Å². The predicted octanol–water partition coefficient (Wildman–Crippen LogP) is 3.33. The Labute approximate surface area is 184 Å². The zero-order valence-corrected chi connectivity index (χ0v) is 17.9. The van der Waals surface area contributed by atoms with E-state index >= 15 is 0 Å². The van der Waals surface area contributed by atoms with Crippen molar-refractivity contribution in [3.05, 3.63) is 65.6 Å². The van der Waals surface area contributed by atoms with Gasteiger partial charge < -0.3 is 11.1 Å². The average molecular weight is 453 g/mol. The van der Waals surface area contributed by atoms with Gasteiger partial charge in [0, 0.05) is 35.0 Å². The first-order valence-electron chi connectivity index (χ1n) is 10.3. The van der Waals surface area contributed by atoms with Crippen LogP contribution in [0, 0.1) is 5.82 Å². The summed E-state index contributed by atoms with van der Waals surface area (Å²) in [6.45, 7) is 0.575. The molecule has 2 aromatic carbocycles. The highest BCUT2D eigenvalue weighted by molar-refractivity contribution is 7.93. The first kappa shape index (κ1) is 20.4. The second-order valence-corrected chi connectivity index (χ2v) is 10.0. The van der Waals surface area contributed by atoms with Gasteiger partial charge in [-0.25, -0.2) is 17.8 Å². The summed E-state index contributed by atoms with van der Waals surface area (Å²) in [5.41, 5.74) is 10.1. The number of nitrogen functional groups attached to an aromatic ring is 1. The molecule has 32 heavy (non-hydrogen) atoms. The fraction of sp³-hybridized carbons (Fsp3) is 0.217. The molecule has 1 aromatic heterocycles. The number of hydrogen-bond acceptors (Lipinski definition) is 5. The van der Waals surface area contributed by atoms with Gasteiger partial charge in [0.05, 0.1) is 10.9 Å². The zero-order valence-electron chi connectivity index (χ0n) is 17.1. The maximum absolute atomic E-state index is 14.9. The van der Waals surface area contributed by atoms with Gasteiger partial charge in [-0.15, -0.1) is 0 Å². The minimum absolute atomic E-state index is 0.0999. The largest absolute Gasteiger partial charge is 0.383 e. The van der Waals surface area contributed by atoms with E-state index in [2.05, 4.69) is 15.0 Å². The molecule has 1 amide bonds. The number of halogens is 1. The first-order valence-corrected chi connectivity index (χ1v) is 11.8. The van der Waals surface area contributed by atoms with E-state index in [0.717, 1.165) is 17.5 Å². The van der Waals surface area contributed by atoms with E-state index < -0.39 is 21.1 Å². The molecule has 0 saturated heterocycles. The number of pyridine rings is 1. The van der Waals surface area contributed by atoms with Gasteiger partial charge in [-0.1, -0.05) is 12.1 Å². The topological polar surface area (TPSA) is 114 Å². The van der Waals surface area contributed by atoms with E-state index in [0.29, 0.717) is 41.9 Å². The number of anilines is 2. The van der Waals surface area contributed by atoms with Crippen molar-refractivity contribution in [2.75, 3.05) is 17.0 Å². The van der Waals surface area contributed by atoms with Crippen LogP contribution in [-0.2, 0) is 16.4 Å². The van der Waals surface area contributed by atoms with Crippen molar-refractivity contribution in [3.63, 3.8) is 0 Å². The zero-order chi connectivity index (χ0) is 22.5. The lowest BCUT2D eigenvalue weighted by Crippen LogP contribution is -2.31. The van der Waals surface area contributed by atoms with Crippen LogP contribution >= 0.6 is 0 Å². The van der Waals surface area contributed by atoms with E-state index in [-0.39, 0.29) is 17.2 Å². The third-order valence-corrected chi connectivity index (χ3v) is 7.63. The number of nitrogens with two attached hydrogens (primary N) is 1. The maximum Gasteiger partial charge on any atom is 0.251 e. The van der Waals surface area contributed by atoms with E-state index in [1.807, 2.05) is 6.07 Å². The number of aromatic nitrogens is 1. The van der Waals surface area contributed by atoms with Gasteiger partial charge in [0.1, 0.15) is 11.6 Å². The molecule has 1 fully saturated rings. The summed E-state index contributed by atoms with van der Waals surface area (Å²) in [5, 5.41) is 2.42. The second-order valence-electron chi connectivity index (χ2n) is 8.08. The number of benzene rings is 2. The molecule has 1 aliphatic heterocycles. The first-order chi connectivity index (χ1) is 15.3. The summed E-state index contributed by atoms with van der Waals surface area (Å²) in [5.74, 6) is -0.374. The van der Waals surface area contributed by atoms with E-state index in [4.69, 9.17) is 5.73 Å². The quantitative estimate of drug-likeness (QED) is 0.549. The molecule has 7 nitrogen and oxygen atoms in total. The molecule has 0 radical (unpaired) electrons. The number of nitrogens with zero attached hydrogens (tertiary/aromatic N) is 1. The highest BCUT2D eigenvalue weighted by atomic mass is 32.2. The third kappa shape index (κ3) is 3.80. The lowest BCUT2D eigenvalue weighted by molar-refractivity contribution is 0.0946. The number of sulfonamides is 1. The van der Waals surface area contributed by atoms with Gasteiger partial charge in [0.15, 0.2) is 0 Å². The molecule has 9 heteroatoms. The van der Waals surface area contributed by atoms with Gasteiger partial charge in [-0.2, -0.15) is 0 Å². The number of carbonyl (C=O) groups is 1. The Balaban J connectivity index is 1.48. The van der Waals surface area contributed by atoms with Gasteiger partial charge in [0.25, 0.3) is 5.91 Å². The molecule has 1 aliphatic carbocycles. The molecule has 1 saturated carbocycles. The molecule has 0 bridgehead atoms. The Morgan fingerprint density at radius 1 is 1.03 bits per heavy atom. The normalized spacial score (nSPS) is 15.7. The molecule has 5 rings (SSSR count). The monoisotopic (exact) mass is 452 g/mol. The van der Waals surface area contributed by atoms with Gasteiger partial charge in [-0.3, -0.25) is 9.52 Å². The summed E-state index contributed by atoms with van der Waals surface area (Å²) >= 11 is 0. The van der Waals surface area contributed by atoms with E-state index in [1.54, 1.807) is 18.2 Å². The van der Waals surface area contributed by atoms with Gasteiger partial charge in [-0.05, 0) is 60.7 Å². The molecule has 0 unspecified atom stereocenters. The van der Waals surface area contributed by atoms with Crippen LogP contribution in [0.15, 0.2) is 48.7 Å². The maximum atomic E-state index is 14.9. The molecular weight excluding hydrogens is 431 g/mol. The van der Waals surface area contributed by atoms with Crippen LogP contribution in [0.4, 0.5) is 15.9 Å². The summed E-state index contributed by atoms with van der Waals surface area (Å²) < 4.78 is 41.5. The molecule has 2 heterocycles. The Kier molecular flexibility index (Phi) is 4.85. The Hall–Kier alpha value is -3.46.